The van der Waals surface area contributed by atoms with Crippen LogP contribution < -0.4 is 10.9 Å². The summed E-state index contributed by atoms with van der Waals surface area (Å²) < 4.78 is 15.9. The van der Waals surface area contributed by atoms with Gasteiger partial charge in [0.1, 0.15) is 11.2 Å². The van der Waals surface area contributed by atoms with Gasteiger partial charge in [0.2, 0.25) is 5.91 Å². The van der Waals surface area contributed by atoms with Crippen LogP contribution in [0, 0.1) is 5.82 Å². The molecule has 0 bridgehead atoms. The lowest BCUT2D eigenvalue weighted by molar-refractivity contribution is -0.116. The number of aromatic nitrogens is 5. The standard InChI is InChI=1S/C18H15FN6O2S/c1-24-16-13(8-21-24)17(27)25(10-20-16)7-6-15(26)23-18-22-14(9-28-18)11-2-4-12(19)5-3-11/h2-5,8-10H,6-7H2,1H3,(H,22,23,26). The van der Waals surface area contributed by atoms with Crippen molar-refractivity contribution >= 4 is 33.4 Å². The van der Waals surface area contributed by atoms with Gasteiger partial charge in [-0.2, -0.15) is 5.10 Å². The fourth-order valence-electron chi connectivity index (χ4n) is 2.71. The summed E-state index contributed by atoms with van der Waals surface area (Å²) in [5, 5.41) is 9.37. The van der Waals surface area contributed by atoms with Crippen LogP contribution in [-0.4, -0.2) is 30.2 Å². The monoisotopic (exact) mass is 398 g/mol. The van der Waals surface area contributed by atoms with E-state index in [0.717, 1.165) is 5.56 Å². The Bertz CT molecular complexity index is 1210. The van der Waals surface area contributed by atoms with Crippen molar-refractivity contribution in [3.8, 4) is 11.3 Å². The number of amides is 1. The van der Waals surface area contributed by atoms with Gasteiger partial charge in [-0.15, -0.1) is 11.3 Å². The predicted molar refractivity (Wildman–Crippen MR) is 104 cm³/mol. The molecule has 1 amide bonds. The van der Waals surface area contributed by atoms with Crippen molar-refractivity contribution in [2.75, 3.05) is 5.32 Å². The molecule has 1 aromatic carbocycles. The lowest BCUT2D eigenvalue weighted by Crippen LogP contribution is -2.23. The number of rotatable bonds is 5. The maximum atomic E-state index is 13.0. The normalized spacial score (nSPS) is 11.1. The first-order chi connectivity index (χ1) is 13.5. The molecular weight excluding hydrogens is 383 g/mol. The lowest BCUT2D eigenvalue weighted by atomic mass is 10.2. The predicted octanol–water partition coefficient (Wildman–Crippen LogP) is 2.42. The van der Waals surface area contributed by atoms with E-state index < -0.39 is 0 Å². The number of fused-ring (bicyclic) bond motifs is 1. The summed E-state index contributed by atoms with van der Waals surface area (Å²) in [7, 11) is 1.71. The van der Waals surface area contributed by atoms with Crippen molar-refractivity contribution in [1.29, 1.82) is 0 Å². The molecule has 4 aromatic rings. The van der Waals surface area contributed by atoms with Crippen LogP contribution in [0.15, 0.2) is 47.0 Å². The quantitative estimate of drug-likeness (QED) is 0.557. The highest BCUT2D eigenvalue weighted by Gasteiger charge is 2.11. The Morgan fingerprint density at radius 1 is 1.29 bits per heavy atom. The number of aryl methyl sites for hydroxylation is 2. The highest BCUT2D eigenvalue weighted by Crippen LogP contribution is 2.25. The van der Waals surface area contributed by atoms with Crippen LogP contribution >= 0.6 is 11.3 Å². The minimum Gasteiger partial charge on any atom is -0.302 e. The zero-order valence-corrected chi connectivity index (χ0v) is 15.6. The molecule has 0 saturated heterocycles. The van der Waals surface area contributed by atoms with Crippen LogP contribution in [0.3, 0.4) is 0 Å². The Labute approximate surface area is 162 Å². The second kappa shape index (κ2) is 7.31. The number of carbonyl (C=O) groups is 1. The minimum absolute atomic E-state index is 0.0960. The molecule has 3 heterocycles. The molecule has 4 rings (SSSR count). The summed E-state index contributed by atoms with van der Waals surface area (Å²) in [6, 6.07) is 5.98. The van der Waals surface area contributed by atoms with E-state index in [0.29, 0.717) is 21.9 Å². The fourth-order valence-corrected chi connectivity index (χ4v) is 3.45. The summed E-state index contributed by atoms with van der Waals surface area (Å²) in [6.45, 7) is 0.193. The Kier molecular flexibility index (Phi) is 4.70. The van der Waals surface area contributed by atoms with Crippen molar-refractivity contribution in [1.82, 2.24) is 24.3 Å². The summed E-state index contributed by atoms with van der Waals surface area (Å²) in [5.74, 6) is -0.583. The summed E-state index contributed by atoms with van der Waals surface area (Å²) in [5.41, 5.74) is 1.68. The zero-order valence-electron chi connectivity index (χ0n) is 14.8. The third-order valence-electron chi connectivity index (χ3n) is 4.19. The van der Waals surface area contributed by atoms with Gasteiger partial charge in [0.15, 0.2) is 10.8 Å². The van der Waals surface area contributed by atoms with Gasteiger partial charge >= 0.3 is 0 Å². The summed E-state index contributed by atoms with van der Waals surface area (Å²) in [6.07, 6.45) is 2.97. The van der Waals surface area contributed by atoms with Crippen LogP contribution in [0.5, 0.6) is 0 Å². The maximum Gasteiger partial charge on any atom is 0.264 e. The number of nitrogens with zero attached hydrogens (tertiary/aromatic N) is 5. The van der Waals surface area contributed by atoms with Crippen LogP contribution in [0.4, 0.5) is 9.52 Å². The molecule has 0 fully saturated rings. The molecule has 3 aromatic heterocycles. The highest BCUT2D eigenvalue weighted by molar-refractivity contribution is 7.14. The Morgan fingerprint density at radius 3 is 2.86 bits per heavy atom. The van der Waals surface area contributed by atoms with E-state index >= 15 is 0 Å². The van der Waals surface area contributed by atoms with E-state index in [1.54, 1.807) is 24.6 Å². The maximum absolute atomic E-state index is 13.0. The van der Waals surface area contributed by atoms with Crippen molar-refractivity contribution in [2.45, 2.75) is 13.0 Å². The molecular formula is C18H15FN6O2S. The van der Waals surface area contributed by atoms with E-state index in [1.807, 2.05) is 0 Å². The first-order valence-corrected chi connectivity index (χ1v) is 9.28. The van der Waals surface area contributed by atoms with E-state index in [9.17, 15) is 14.0 Å². The van der Waals surface area contributed by atoms with Gasteiger partial charge < -0.3 is 5.32 Å². The molecule has 0 saturated carbocycles. The van der Waals surface area contributed by atoms with Crippen molar-refractivity contribution in [2.24, 2.45) is 7.05 Å². The number of anilines is 1. The van der Waals surface area contributed by atoms with Gasteiger partial charge in [0.05, 0.1) is 18.2 Å². The number of benzene rings is 1. The van der Waals surface area contributed by atoms with Crippen molar-refractivity contribution in [3.63, 3.8) is 0 Å². The molecule has 1 N–H and O–H groups in total. The zero-order chi connectivity index (χ0) is 19.7. The SMILES string of the molecule is Cn1ncc2c(=O)n(CCC(=O)Nc3nc(-c4ccc(F)cc4)cs3)cnc21. The van der Waals surface area contributed by atoms with Gasteiger partial charge in [-0.1, -0.05) is 0 Å². The molecule has 0 atom stereocenters. The Hall–Kier alpha value is -3.40. The molecule has 0 radical (unpaired) electrons. The van der Waals surface area contributed by atoms with Gasteiger partial charge in [-0.3, -0.25) is 18.8 Å². The second-order valence-corrected chi connectivity index (χ2v) is 6.95. The first kappa shape index (κ1) is 18.0. The summed E-state index contributed by atoms with van der Waals surface area (Å²) in [4.78, 5) is 33.1. The number of hydrogen-bond donors (Lipinski definition) is 1. The molecule has 142 valence electrons. The van der Waals surface area contributed by atoms with Crippen LogP contribution in [0.2, 0.25) is 0 Å². The van der Waals surface area contributed by atoms with E-state index in [2.05, 4.69) is 20.4 Å². The molecule has 0 unspecified atom stereocenters. The Balaban J connectivity index is 1.41. The molecule has 0 aliphatic heterocycles. The molecule has 0 spiro atoms. The number of carbonyl (C=O) groups excluding carboxylic acids is 1. The molecule has 8 nitrogen and oxygen atoms in total. The second-order valence-electron chi connectivity index (χ2n) is 6.09. The minimum atomic E-state index is -0.318. The molecule has 28 heavy (non-hydrogen) atoms. The van der Waals surface area contributed by atoms with Crippen LogP contribution in [-0.2, 0) is 18.4 Å². The summed E-state index contributed by atoms with van der Waals surface area (Å²) >= 11 is 1.28. The largest absolute Gasteiger partial charge is 0.302 e. The fraction of sp³-hybridized carbons (Fsp3) is 0.167. The average molecular weight is 398 g/mol. The Morgan fingerprint density at radius 2 is 2.07 bits per heavy atom. The number of nitrogens with one attached hydrogen (secondary N) is 1. The van der Waals surface area contributed by atoms with E-state index in [1.165, 1.54) is 45.2 Å². The smallest absolute Gasteiger partial charge is 0.264 e. The number of halogens is 1. The average Bonchev–Trinajstić information content (AvgIpc) is 3.29. The topological polar surface area (TPSA) is 94.7 Å². The third-order valence-corrected chi connectivity index (χ3v) is 4.95. The van der Waals surface area contributed by atoms with Crippen LogP contribution in [0.25, 0.3) is 22.3 Å². The molecule has 0 aliphatic carbocycles. The van der Waals surface area contributed by atoms with Crippen LogP contribution in [0.1, 0.15) is 6.42 Å². The van der Waals surface area contributed by atoms with Gasteiger partial charge in [-0.25, -0.2) is 14.4 Å². The van der Waals surface area contributed by atoms with Gasteiger partial charge in [0.25, 0.3) is 5.56 Å². The van der Waals surface area contributed by atoms with Crippen molar-refractivity contribution < 1.29 is 9.18 Å². The number of hydrogen-bond acceptors (Lipinski definition) is 6. The van der Waals surface area contributed by atoms with Crippen molar-refractivity contribution in [3.05, 3.63) is 58.3 Å². The lowest BCUT2D eigenvalue weighted by Gasteiger charge is -2.05. The van der Waals surface area contributed by atoms with E-state index in [-0.39, 0.29) is 30.2 Å². The molecule has 0 aliphatic rings. The third kappa shape index (κ3) is 3.54. The van der Waals surface area contributed by atoms with Gasteiger partial charge in [0, 0.05) is 31.0 Å². The number of thiazole rings is 1. The first-order valence-electron chi connectivity index (χ1n) is 8.40. The van der Waals surface area contributed by atoms with E-state index in [4.69, 9.17) is 0 Å². The highest BCUT2D eigenvalue weighted by atomic mass is 32.1. The molecule has 10 heteroatoms. The van der Waals surface area contributed by atoms with Gasteiger partial charge in [-0.05, 0) is 24.3 Å².